The Bertz CT molecular complexity index is 340. The molecule has 0 aliphatic rings. The fourth-order valence-corrected chi connectivity index (χ4v) is 3.16. The van der Waals surface area contributed by atoms with E-state index in [1.165, 1.54) is 11.3 Å². The monoisotopic (exact) mass is 367 g/mol. The fraction of sp³-hybridized carbons (Fsp3) is 0.545. The first kappa shape index (κ1) is 14.2. The van der Waals surface area contributed by atoms with Crippen LogP contribution in [-0.2, 0) is 0 Å². The van der Waals surface area contributed by atoms with Gasteiger partial charge in [-0.2, -0.15) is 0 Å². The molecule has 1 atom stereocenters. The van der Waals surface area contributed by atoms with Crippen LogP contribution < -0.4 is 5.32 Å². The third kappa shape index (κ3) is 4.55. The lowest BCUT2D eigenvalue weighted by Crippen LogP contribution is -2.29. The van der Waals surface area contributed by atoms with Gasteiger partial charge < -0.3 is 5.32 Å². The summed E-state index contributed by atoms with van der Waals surface area (Å²) in [7, 11) is 0. The molecule has 0 radical (unpaired) electrons. The molecule has 1 aromatic rings. The smallest absolute Gasteiger partial charge is 0.252 e. The van der Waals surface area contributed by atoms with Gasteiger partial charge >= 0.3 is 0 Å². The number of hydrogen-bond donors (Lipinski definition) is 1. The Labute approximate surface area is 117 Å². The number of rotatable bonds is 6. The van der Waals surface area contributed by atoms with Crippen molar-refractivity contribution in [2.45, 2.75) is 19.8 Å². The minimum Gasteiger partial charge on any atom is -0.352 e. The predicted octanol–water partition coefficient (Wildman–Crippen LogP) is 4.05. The zero-order valence-corrected chi connectivity index (χ0v) is 13.1. The zero-order valence-electron chi connectivity index (χ0n) is 9.13. The Balaban J connectivity index is 2.40. The number of nitrogens with one attached hydrogen (secondary N) is 1. The minimum atomic E-state index is 0.0231. The molecule has 2 nitrogen and oxygen atoms in total. The van der Waals surface area contributed by atoms with Gasteiger partial charge in [-0.3, -0.25) is 4.79 Å². The molecule has 1 heterocycles. The standard InChI is InChI=1S/C11H15Br2NOS/c1-2-8(3-4-12)6-14-11(15)9-5-10(13)16-7-9/h5,7-8H,2-4,6H2,1H3,(H,14,15). The Morgan fingerprint density at radius 1 is 1.62 bits per heavy atom. The van der Waals surface area contributed by atoms with Crippen LogP contribution in [0, 0.1) is 5.92 Å². The Morgan fingerprint density at radius 3 is 2.88 bits per heavy atom. The lowest BCUT2D eigenvalue weighted by Gasteiger charge is -2.13. The molecule has 1 amide bonds. The van der Waals surface area contributed by atoms with E-state index in [-0.39, 0.29) is 5.91 Å². The van der Waals surface area contributed by atoms with Gasteiger partial charge in [0.25, 0.3) is 5.91 Å². The van der Waals surface area contributed by atoms with E-state index in [0.29, 0.717) is 5.92 Å². The maximum atomic E-state index is 11.7. The van der Waals surface area contributed by atoms with Gasteiger partial charge in [-0.1, -0.05) is 29.3 Å². The summed E-state index contributed by atoms with van der Waals surface area (Å²) in [6, 6.07) is 1.85. The second-order valence-electron chi connectivity index (χ2n) is 3.60. The third-order valence-electron chi connectivity index (χ3n) is 2.48. The van der Waals surface area contributed by atoms with Crippen LogP contribution in [-0.4, -0.2) is 17.8 Å². The molecule has 0 bridgehead atoms. The van der Waals surface area contributed by atoms with Gasteiger partial charge in [0.2, 0.25) is 0 Å². The van der Waals surface area contributed by atoms with Crippen LogP contribution in [0.15, 0.2) is 15.2 Å². The van der Waals surface area contributed by atoms with Gasteiger partial charge in [0, 0.05) is 17.3 Å². The summed E-state index contributed by atoms with van der Waals surface area (Å²) in [4.78, 5) is 11.7. The average molecular weight is 369 g/mol. The zero-order chi connectivity index (χ0) is 12.0. The molecule has 0 aliphatic heterocycles. The van der Waals surface area contributed by atoms with Crippen LogP contribution >= 0.6 is 43.2 Å². The van der Waals surface area contributed by atoms with Gasteiger partial charge in [-0.15, -0.1) is 11.3 Å². The lowest BCUT2D eigenvalue weighted by atomic mass is 10.0. The number of hydrogen-bond acceptors (Lipinski definition) is 2. The third-order valence-corrected chi connectivity index (χ3v) is 4.44. The van der Waals surface area contributed by atoms with Crippen molar-refractivity contribution in [3.63, 3.8) is 0 Å². The maximum Gasteiger partial charge on any atom is 0.252 e. The van der Waals surface area contributed by atoms with E-state index in [4.69, 9.17) is 0 Å². The van der Waals surface area contributed by atoms with Gasteiger partial charge in [-0.05, 0) is 34.3 Å². The summed E-state index contributed by atoms with van der Waals surface area (Å²) in [5.41, 5.74) is 0.741. The first-order chi connectivity index (χ1) is 7.67. The number of carbonyl (C=O) groups is 1. The Kier molecular flexibility index (Phi) is 6.61. The van der Waals surface area contributed by atoms with Crippen LogP contribution in [0.3, 0.4) is 0 Å². The van der Waals surface area contributed by atoms with Gasteiger partial charge in [0.1, 0.15) is 0 Å². The largest absolute Gasteiger partial charge is 0.352 e. The summed E-state index contributed by atoms with van der Waals surface area (Å²) in [6.45, 7) is 2.91. The van der Waals surface area contributed by atoms with Crippen molar-refractivity contribution in [1.29, 1.82) is 0 Å². The van der Waals surface area contributed by atoms with Crippen molar-refractivity contribution in [2.75, 3.05) is 11.9 Å². The first-order valence-corrected chi connectivity index (χ1v) is 8.05. The second kappa shape index (κ2) is 7.45. The summed E-state index contributed by atoms with van der Waals surface area (Å²) < 4.78 is 0.991. The van der Waals surface area contributed by atoms with Crippen molar-refractivity contribution in [1.82, 2.24) is 5.32 Å². The maximum absolute atomic E-state index is 11.7. The molecular formula is C11H15Br2NOS. The van der Waals surface area contributed by atoms with Crippen LogP contribution in [0.25, 0.3) is 0 Å². The number of halogens is 2. The molecule has 5 heteroatoms. The summed E-state index contributed by atoms with van der Waals surface area (Å²) >= 11 is 8.31. The van der Waals surface area contributed by atoms with Gasteiger partial charge in [0.05, 0.1) is 9.35 Å². The van der Waals surface area contributed by atoms with Crippen molar-refractivity contribution < 1.29 is 4.79 Å². The van der Waals surface area contributed by atoms with Crippen molar-refractivity contribution >= 4 is 49.1 Å². The number of amides is 1. The summed E-state index contributed by atoms with van der Waals surface area (Å²) in [5.74, 6) is 0.584. The normalized spacial score (nSPS) is 12.4. The molecule has 0 saturated heterocycles. The molecule has 16 heavy (non-hydrogen) atoms. The molecule has 0 spiro atoms. The second-order valence-corrected chi connectivity index (χ2v) is 6.68. The first-order valence-electron chi connectivity index (χ1n) is 5.25. The summed E-state index contributed by atoms with van der Waals surface area (Å²) in [6.07, 6.45) is 2.20. The van der Waals surface area contributed by atoms with Gasteiger partial charge in [-0.25, -0.2) is 0 Å². The fourth-order valence-electron chi connectivity index (χ4n) is 1.37. The highest BCUT2D eigenvalue weighted by Gasteiger charge is 2.10. The molecular weight excluding hydrogens is 354 g/mol. The molecule has 1 unspecified atom stereocenters. The SMILES string of the molecule is CCC(CCBr)CNC(=O)c1csc(Br)c1. The highest BCUT2D eigenvalue weighted by molar-refractivity contribution is 9.11. The van der Waals surface area contributed by atoms with E-state index in [1.807, 2.05) is 11.4 Å². The topological polar surface area (TPSA) is 29.1 Å². The van der Waals surface area contributed by atoms with Crippen LogP contribution in [0.2, 0.25) is 0 Å². The number of thiophene rings is 1. The molecule has 1 aromatic heterocycles. The molecule has 0 fully saturated rings. The van der Waals surface area contributed by atoms with Crippen molar-refractivity contribution in [2.24, 2.45) is 5.92 Å². The van der Waals surface area contributed by atoms with E-state index < -0.39 is 0 Å². The van der Waals surface area contributed by atoms with E-state index >= 15 is 0 Å². The highest BCUT2D eigenvalue weighted by atomic mass is 79.9. The predicted molar refractivity (Wildman–Crippen MR) is 76.5 cm³/mol. The Hall–Kier alpha value is 0.130. The molecule has 0 saturated carbocycles. The minimum absolute atomic E-state index is 0.0231. The molecule has 90 valence electrons. The van der Waals surface area contributed by atoms with E-state index in [1.54, 1.807) is 0 Å². The average Bonchev–Trinajstić information content (AvgIpc) is 2.70. The number of alkyl halides is 1. The number of carbonyl (C=O) groups excluding carboxylic acids is 1. The summed E-state index contributed by atoms with van der Waals surface area (Å²) in [5, 5.41) is 5.83. The van der Waals surface area contributed by atoms with E-state index in [0.717, 1.165) is 34.1 Å². The van der Waals surface area contributed by atoms with Gasteiger partial charge in [0.15, 0.2) is 0 Å². The molecule has 1 N–H and O–H groups in total. The van der Waals surface area contributed by atoms with Crippen molar-refractivity contribution in [3.05, 3.63) is 20.8 Å². The van der Waals surface area contributed by atoms with Crippen LogP contribution in [0.5, 0.6) is 0 Å². The lowest BCUT2D eigenvalue weighted by molar-refractivity contribution is 0.0947. The quantitative estimate of drug-likeness (QED) is 0.754. The van der Waals surface area contributed by atoms with E-state index in [9.17, 15) is 4.79 Å². The van der Waals surface area contributed by atoms with E-state index in [2.05, 4.69) is 44.1 Å². The molecule has 0 aromatic carbocycles. The molecule has 1 rings (SSSR count). The van der Waals surface area contributed by atoms with Crippen LogP contribution in [0.1, 0.15) is 30.1 Å². The van der Waals surface area contributed by atoms with Crippen LogP contribution in [0.4, 0.5) is 0 Å². The van der Waals surface area contributed by atoms with Crippen molar-refractivity contribution in [3.8, 4) is 0 Å². The Morgan fingerprint density at radius 2 is 2.38 bits per heavy atom. The highest BCUT2D eigenvalue weighted by Crippen LogP contribution is 2.20. The molecule has 0 aliphatic carbocycles.